The van der Waals surface area contributed by atoms with Gasteiger partial charge in [-0.05, 0) is 25.9 Å². The van der Waals surface area contributed by atoms with E-state index in [-0.39, 0.29) is 32.7 Å². The molecule has 1 fully saturated rings. The fraction of sp³-hybridized carbons (Fsp3) is 0.417. The zero-order valence-electron chi connectivity index (χ0n) is 8.74. The van der Waals surface area contributed by atoms with Gasteiger partial charge in [-0.2, -0.15) is 5.56 Å². The molecule has 1 radical (unpaired) electrons. The van der Waals surface area contributed by atoms with E-state index in [0.717, 1.165) is 31.5 Å². The fourth-order valence-electron chi connectivity index (χ4n) is 1.87. The number of hydrogen-bond acceptors (Lipinski definition) is 1. The van der Waals surface area contributed by atoms with Gasteiger partial charge in [-0.25, -0.2) is 0 Å². The van der Waals surface area contributed by atoms with E-state index < -0.39 is 0 Å². The quantitative estimate of drug-likeness (QED) is 0.648. The van der Waals surface area contributed by atoms with Crippen molar-refractivity contribution in [2.45, 2.75) is 12.8 Å². The number of piperidine rings is 1. The summed E-state index contributed by atoms with van der Waals surface area (Å²) in [5.41, 5.74) is 1.35. The van der Waals surface area contributed by atoms with Crippen LogP contribution in [0.1, 0.15) is 18.4 Å². The van der Waals surface area contributed by atoms with Crippen molar-refractivity contribution in [1.82, 2.24) is 5.32 Å². The van der Waals surface area contributed by atoms with Crippen LogP contribution in [-0.4, -0.2) is 18.8 Å². The Morgan fingerprint density at radius 3 is 2.67 bits per heavy atom. The molecule has 0 unspecified atom stereocenters. The molecule has 1 N–H and O–H groups in total. The van der Waals surface area contributed by atoms with Crippen LogP contribution in [0.5, 0.6) is 0 Å². The van der Waals surface area contributed by atoms with Gasteiger partial charge in [-0.15, -0.1) is 30.3 Å². The van der Waals surface area contributed by atoms with Crippen molar-refractivity contribution < 1.29 is 32.7 Å². The van der Waals surface area contributed by atoms with Gasteiger partial charge in [0.1, 0.15) is 0 Å². The van der Waals surface area contributed by atoms with Crippen molar-refractivity contribution in [3.63, 3.8) is 0 Å². The summed E-state index contributed by atoms with van der Waals surface area (Å²) >= 11 is 0. The Morgan fingerprint density at radius 2 is 2.07 bits per heavy atom. The Balaban J connectivity index is 0.00000112. The molecule has 77 valence electrons. The number of nitrogens with zero attached hydrogens (tertiary/aromatic N) is 1. The predicted octanol–water partition coefficient (Wildman–Crippen LogP) is 1.84. The summed E-state index contributed by atoms with van der Waals surface area (Å²) in [5, 5.41) is 13.3. The summed E-state index contributed by atoms with van der Waals surface area (Å²) < 4.78 is 0. The van der Waals surface area contributed by atoms with E-state index in [4.69, 9.17) is 0 Å². The van der Waals surface area contributed by atoms with Crippen LogP contribution in [-0.2, 0) is 32.7 Å². The summed E-state index contributed by atoms with van der Waals surface area (Å²) in [4.78, 5) is 0. The van der Waals surface area contributed by atoms with E-state index in [1.54, 1.807) is 0 Å². The Labute approximate surface area is 116 Å². The minimum absolute atomic E-state index is 0. The molecule has 1 aromatic rings. The van der Waals surface area contributed by atoms with E-state index in [9.17, 15) is 5.41 Å². The van der Waals surface area contributed by atoms with Crippen LogP contribution in [0.15, 0.2) is 24.3 Å². The zero-order valence-corrected chi connectivity index (χ0v) is 11.6. The van der Waals surface area contributed by atoms with Crippen LogP contribution in [0.3, 0.4) is 0 Å². The van der Waals surface area contributed by atoms with Crippen molar-refractivity contribution >= 4 is 5.71 Å². The third kappa shape index (κ3) is 3.48. The molecule has 0 spiro atoms. The smallest absolute Gasteiger partial charge is 0 e. The van der Waals surface area contributed by atoms with E-state index in [1.807, 2.05) is 24.3 Å². The van der Waals surface area contributed by atoms with Crippen LogP contribution in [0.2, 0.25) is 0 Å². The van der Waals surface area contributed by atoms with Gasteiger partial charge in [0.25, 0.3) is 0 Å². The molecule has 1 heterocycles. The van der Waals surface area contributed by atoms with Gasteiger partial charge in [0.15, 0.2) is 0 Å². The van der Waals surface area contributed by atoms with E-state index in [0.29, 0.717) is 11.6 Å². The van der Waals surface area contributed by atoms with Gasteiger partial charge in [-0.3, -0.25) is 5.71 Å². The second-order valence-corrected chi connectivity index (χ2v) is 3.69. The van der Waals surface area contributed by atoms with Crippen LogP contribution >= 0.6 is 0 Å². The molecule has 0 aliphatic carbocycles. The summed E-state index contributed by atoms with van der Waals surface area (Å²) in [7, 11) is 0. The molecule has 1 aliphatic rings. The Morgan fingerprint density at radius 1 is 1.33 bits per heavy atom. The van der Waals surface area contributed by atoms with Crippen molar-refractivity contribution in [2.24, 2.45) is 5.92 Å². The monoisotopic (exact) mass is 275 g/mol. The predicted molar refractivity (Wildman–Crippen MR) is 58.3 cm³/mol. The summed E-state index contributed by atoms with van der Waals surface area (Å²) in [6.45, 7) is 2.00. The normalized spacial score (nSPS) is 16.8. The molecule has 0 amide bonds. The fourth-order valence-corrected chi connectivity index (χ4v) is 1.87. The molecule has 1 saturated heterocycles. The minimum atomic E-state index is 0. The molecule has 0 aromatic heterocycles. The first-order chi connectivity index (χ1) is 6.88. The van der Waals surface area contributed by atoms with Crippen LogP contribution in [0, 0.1) is 12.0 Å². The van der Waals surface area contributed by atoms with Crippen molar-refractivity contribution in [2.75, 3.05) is 13.1 Å². The Kier molecular flexibility index (Phi) is 5.66. The first-order valence-corrected chi connectivity index (χ1v) is 5.11. The number of hydrogen-bond donors (Lipinski definition) is 1. The molecule has 2 rings (SSSR count). The zero-order chi connectivity index (χ0) is 9.80. The van der Waals surface area contributed by atoms with Gasteiger partial charge < -0.3 is 10.7 Å². The number of benzene rings is 1. The maximum Gasteiger partial charge on any atom is 0 e. The van der Waals surface area contributed by atoms with Crippen molar-refractivity contribution in [1.29, 1.82) is 0 Å². The molecule has 0 saturated carbocycles. The molecule has 3 heteroatoms. The molecule has 1 aromatic carbocycles. The maximum absolute atomic E-state index is 10.0. The molecule has 2 nitrogen and oxygen atoms in total. The van der Waals surface area contributed by atoms with Crippen LogP contribution < -0.4 is 5.32 Å². The van der Waals surface area contributed by atoms with E-state index in [2.05, 4.69) is 11.4 Å². The Bertz CT molecular complexity index is 305. The SMILES string of the molecule is [N-]=C(c1[c-]cccc1)C1CCNCC1.[Y]. The molecule has 0 bridgehead atoms. The average Bonchev–Trinajstić information content (AvgIpc) is 2.30. The molecule has 1 aliphatic heterocycles. The standard InChI is InChI=1S/C12H14N2.Y/c13-12(10-4-2-1-3-5-10)11-6-8-14-9-7-11;/h1-4,11,14H,6-9H2;/q-2;. The first kappa shape index (κ1) is 13.0. The van der Waals surface area contributed by atoms with Gasteiger partial charge in [0.2, 0.25) is 0 Å². The molecule has 15 heavy (non-hydrogen) atoms. The van der Waals surface area contributed by atoms with Gasteiger partial charge in [0.05, 0.1) is 0 Å². The van der Waals surface area contributed by atoms with Gasteiger partial charge in [-0.1, -0.05) is 5.92 Å². The van der Waals surface area contributed by atoms with E-state index >= 15 is 0 Å². The summed E-state index contributed by atoms with van der Waals surface area (Å²) in [6.07, 6.45) is 2.04. The average molecular weight is 275 g/mol. The summed E-state index contributed by atoms with van der Waals surface area (Å²) in [6, 6.07) is 10.7. The maximum atomic E-state index is 10.0. The topological polar surface area (TPSA) is 34.3 Å². The van der Waals surface area contributed by atoms with E-state index in [1.165, 1.54) is 0 Å². The second kappa shape index (κ2) is 6.52. The van der Waals surface area contributed by atoms with Gasteiger partial charge in [0, 0.05) is 32.7 Å². The number of rotatable bonds is 2. The third-order valence-electron chi connectivity index (χ3n) is 2.71. The molecular formula is C12H14N2Y-2. The largest absolute Gasteiger partial charge is 0.859 e. The van der Waals surface area contributed by atoms with Crippen molar-refractivity contribution in [3.05, 3.63) is 41.3 Å². The van der Waals surface area contributed by atoms with Crippen LogP contribution in [0.25, 0.3) is 5.41 Å². The molecular weight excluding hydrogens is 261 g/mol. The minimum Gasteiger partial charge on any atom is -0.859 e. The number of nitrogens with one attached hydrogen (secondary N) is 1. The third-order valence-corrected chi connectivity index (χ3v) is 2.71. The Hall–Kier alpha value is -0.0461. The summed E-state index contributed by atoms with van der Waals surface area (Å²) in [5.74, 6) is 0.315. The van der Waals surface area contributed by atoms with Gasteiger partial charge >= 0.3 is 0 Å². The first-order valence-electron chi connectivity index (χ1n) is 5.11. The van der Waals surface area contributed by atoms with Crippen molar-refractivity contribution in [3.8, 4) is 0 Å². The van der Waals surface area contributed by atoms with Crippen LogP contribution in [0.4, 0.5) is 0 Å². The second-order valence-electron chi connectivity index (χ2n) is 3.69. The molecule has 0 atom stereocenters.